The van der Waals surface area contributed by atoms with E-state index >= 15 is 0 Å². The summed E-state index contributed by atoms with van der Waals surface area (Å²) in [5.74, 6) is 1.03. The predicted octanol–water partition coefficient (Wildman–Crippen LogP) is 5.68. The maximum absolute atomic E-state index is 12.3. The zero-order valence-electron chi connectivity index (χ0n) is 14.4. The molecule has 0 amide bonds. The predicted molar refractivity (Wildman–Crippen MR) is 107 cm³/mol. The maximum atomic E-state index is 12.3. The van der Waals surface area contributed by atoms with Gasteiger partial charge in [-0.25, -0.2) is 4.79 Å². The molecule has 0 aliphatic carbocycles. The quantitative estimate of drug-likeness (QED) is 0.235. The van der Waals surface area contributed by atoms with E-state index in [2.05, 4.69) is 24.8 Å². The van der Waals surface area contributed by atoms with Crippen LogP contribution >= 0.6 is 11.8 Å². The van der Waals surface area contributed by atoms with Crippen LogP contribution in [0.2, 0.25) is 0 Å². The average molecular weight is 360 g/mol. The third kappa shape index (κ3) is 5.11. The Hall–Kier alpha value is -2.78. The van der Waals surface area contributed by atoms with Crippen molar-refractivity contribution in [2.24, 2.45) is 0 Å². The Morgan fingerprint density at radius 1 is 0.846 bits per heavy atom. The molecule has 130 valence electrons. The van der Waals surface area contributed by atoms with Crippen LogP contribution in [-0.2, 0) is 17.0 Å². The zero-order valence-corrected chi connectivity index (χ0v) is 15.2. The summed E-state index contributed by atoms with van der Waals surface area (Å²) in [6, 6.07) is 27.5. The summed E-state index contributed by atoms with van der Waals surface area (Å²) in [6.45, 7) is 3.92. The van der Waals surface area contributed by atoms with Crippen LogP contribution < -0.4 is 4.74 Å². The fraction of sp³-hybridized carbons (Fsp3) is 0.0870. The summed E-state index contributed by atoms with van der Waals surface area (Å²) in [5.41, 5.74) is 2.81. The molecule has 3 aromatic carbocycles. The molecule has 0 aliphatic rings. The molecule has 3 rings (SSSR count). The lowest BCUT2D eigenvalue weighted by atomic mass is 10.1. The van der Waals surface area contributed by atoms with Crippen LogP contribution in [0.4, 0.5) is 0 Å². The second kappa shape index (κ2) is 9.07. The molecule has 3 aromatic rings. The van der Waals surface area contributed by atoms with Crippen molar-refractivity contribution in [1.82, 2.24) is 0 Å². The van der Waals surface area contributed by atoms with E-state index in [0.29, 0.717) is 17.7 Å². The van der Waals surface area contributed by atoms with Crippen LogP contribution in [0.1, 0.15) is 11.1 Å². The minimum absolute atomic E-state index is 0.390. The Kier molecular flexibility index (Phi) is 6.29. The number of thioether (sulfide) groups is 1. The number of esters is 1. The summed E-state index contributed by atoms with van der Waals surface area (Å²) in [7, 11) is 0. The van der Waals surface area contributed by atoms with Crippen LogP contribution in [0.25, 0.3) is 0 Å². The van der Waals surface area contributed by atoms with Crippen LogP contribution in [0.15, 0.2) is 102 Å². The highest BCUT2D eigenvalue weighted by Crippen LogP contribution is 2.28. The van der Waals surface area contributed by atoms with Crippen molar-refractivity contribution in [3.8, 4) is 5.75 Å². The van der Waals surface area contributed by atoms with Crippen molar-refractivity contribution in [2.75, 3.05) is 0 Å². The molecule has 0 atom stereocenters. The van der Waals surface area contributed by atoms with Gasteiger partial charge in [-0.15, -0.1) is 11.8 Å². The van der Waals surface area contributed by atoms with Gasteiger partial charge in [-0.2, -0.15) is 0 Å². The normalized spacial score (nSPS) is 10.3. The Morgan fingerprint density at radius 2 is 1.46 bits per heavy atom. The smallest absolute Gasteiger partial charge is 0.339 e. The van der Waals surface area contributed by atoms with Gasteiger partial charge in [0, 0.05) is 22.6 Å². The lowest BCUT2D eigenvalue weighted by molar-refractivity contribution is -0.130. The number of carbonyl (C=O) groups is 1. The first-order chi connectivity index (χ1) is 12.7. The molecular weight excluding hydrogens is 340 g/mol. The maximum Gasteiger partial charge on any atom is 0.339 e. The zero-order chi connectivity index (χ0) is 18.2. The standard InChI is InChI=1S/C23H20O2S/c1-18(23(24)25-21-13-6-3-7-14-21)16-20-12-8-9-15-22(20)26-17-19-10-4-2-5-11-19/h2-15H,1,16-17H2. The van der Waals surface area contributed by atoms with Gasteiger partial charge >= 0.3 is 5.97 Å². The molecule has 0 unspecified atom stereocenters. The molecule has 26 heavy (non-hydrogen) atoms. The number of carbonyl (C=O) groups excluding carboxylic acids is 1. The number of hydrogen-bond donors (Lipinski definition) is 0. The van der Waals surface area contributed by atoms with Crippen LogP contribution in [-0.4, -0.2) is 5.97 Å². The van der Waals surface area contributed by atoms with Gasteiger partial charge in [0.25, 0.3) is 0 Å². The minimum Gasteiger partial charge on any atom is -0.423 e. The van der Waals surface area contributed by atoms with E-state index in [9.17, 15) is 4.79 Å². The van der Waals surface area contributed by atoms with E-state index in [0.717, 1.165) is 16.2 Å². The van der Waals surface area contributed by atoms with Gasteiger partial charge < -0.3 is 4.74 Å². The van der Waals surface area contributed by atoms with Crippen molar-refractivity contribution in [2.45, 2.75) is 17.1 Å². The van der Waals surface area contributed by atoms with Crippen molar-refractivity contribution < 1.29 is 9.53 Å². The molecule has 0 spiro atoms. The lowest BCUT2D eigenvalue weighted by Crippen LogP contribution is -2.12. The Labute approximate surface area is 158 Å². The van der Waals surface area contributed by atoms with E-state index in [4.69, 9.17) is 4.74 Å². The molecule has 0 heterocycles. The molecule has 0 saturated carbocycles. The number of ether oxygens (including phenoxy) is 1. The molecule has 0 saturated heterocycles. The summed E-state index contributed by atoms with van der Waals surface area (Å²) in [5, 5.41) is 0. The molecule has 3 heteroatoms. The van der Waals surface area contributed by atoms with Crippen molar-refractivity contribution in [3.63, 3.8) is 0 Å². The molecule has 0 radical (unpaired) electrons. The van der Waals surface area contributed by atoms with Gasteiger partial charge in [0.05, 0.1) is 0 Å². The summed E-state index contributed by atoms with van der Waals surface area (Å²) in [6.07, 6.45) is 0.476. The first kappa shape index (κ1) is 18.0. The summed E-state index contributed by atoms with van der Waals surface area (Å²) in [4.78, 5) is 13.4. The second-order valence-electron chi connectivity index (χ2n) is 5.86. The van der Waals surface area contributed by atoms with E-state index in [1.54, 1.807) is 23.9 Å². The Bertz CT molecular complexity index is 873. The lowest BCUT2D eigenvalue weighted by Gasteiger charge is -2.11. The fourth-order valence-electron chi connectivity index (χ4n) is 2.50. The number of benzene rings is 3. The van der Waals surface area contributed by atoms with E-state index in [1.807, 2.05) is 54.6 Å². The molecule has 0 aromatic heterocycles. The first-order valence-electron chi connectivity index (χ1n) is 8.42. The molecule has 0 N–H and O–H groups in total. The largest absolute Gasteiger partial charge is 0.423 e. The highest BCUT2D eigenvalue weighted by Gasteiger charge is 2.13. The third-order valence-electron chi connectivity index (χ3n) is 3.86. The Morgan fingerprint density at radius 3 is 2.19 bits per heavy atom. The summed E-state index contributed by atoms with van der Waals surface area (Å²) < 4.78 is 5.37. The molecule has 0 fully saturated rings. The van der Waals surface area contributed by atoms with Crippen LogP contribution in [0.5, 0.6) is 5.75 Å². The van der Waals surface area contributed by atoms with Crippen LogP contribution in [0.3, 0.4) is 0 Å². The molecule has 2 nitrogen and oxygen atoms in total. The second-order valence-corrected chi connectivity index (χ2v) is 6.88. The first-order valence-corrected chi connectivity index (χ1v) is 9.40. The topological polar surface area (TPSA) is 26.3 Å². The van der Waals surface area contributed by atoms with Gasteiger partial charge in [0.2, 0.25) is 0 Å². The van der Waals surface area contributed by atoms with Gasteiger partial charge in [0.1, 0.15) is 5.75 Å². The van der Waals surface area contributed by atoms with Gasteiger partial charge in [-0.3, -0.25) is 0 Å². The number of para-hydroxylation sites is 1. The fourth-order valence-corrected chi connectivity index (χ4v) is 3.51. The SMILES string of the molecule is C=C(Cc1ccccc1SCc1ccccc1)C(=O)Oc1ccccc1. The van der Waals surface area contributed by atoms with E-state index < -0.39 is 0 Å². The molecule has 0 aliphatic heterocycles. The van der Waals surface area contributed by atoms with Crippen molar-refractivity contribution >= 4 is 17.7 Å². The highest BCUT2D eigenvalue weighted by molar-refractivity contribution is 7.98. The van der Waals surface area contributed by atoms with Crippen molar-refractivity contribution in [3.05, 3.63) is 108 Å². The molecular formula is C23H20O2S. The van der Waals surface area contributed by atoms with E-state index in [-0.39, 0.29) is 5.97 Å². The van der Waals surface area contributed by atoms with E-state index in [1.165, 1.54) is 5.56 Å². The monoisotopic (exact) mass is 360 g/mol. The molecule has 0 bridgehead atoms. The third-order valence-corrected chi connectivity index (χ3v) is 5.04. The highest BCUT2D eigenvalue weighted by atomic mass is 32.2. The minimum atomic E-state index is -0.390. The van der Waals surface area contributed by atoms with Crippen LogP contribution in [0, 0.1) is 0 Å². The number of hydrogen-bond acceptors (Lipinski definition) is 3. The average Bonchev–Trinajstić information content (AvgIpc) is 2.69. The Balaban J connectivity index is 1.64. The van der Waals surface area contributed by atoms with Gasteiger partial charge in [-0.1, -0.05) is 73.3 Å². The summed E-state index contributed by atoms with van der Waals surface area (Å²) >= 11 is 1.76. The van der Waals surface area contributed by atoms with Crippen molar-refractivity contribution in [1.29, 1.82) is 0 Å². The van der Waals surface area contributed by atoms with Gasteiger partial charge in [0.15, 0.2) is 0 Å². The number of rotatable bonds is 7. The van der Waals surface area contributed by atoms with Gasteiger partial charge in [-0.05, 0) is 29.3 Å².